The molecule has 3 rings (SSSR count). The summed E-state index contributed by atoms with van der Waals surface area (Å²) in [5.41, 5.74) is 3.33. The van der Waals surface area contributed by atoms with E-state index in [2.05, 4.69) is 11.6 Å². The van der Waals surface area contributed by atoms with Crippen LogP contribution in [-0.2, 0) is 17.6 Å². The zero-order chi connectivity index (χ0) is 18.5. The van der Waals surface area contributed by atoms with Crippen LogP contribution in [0.4, 0.5) is 0 Å². The molecule has 1 aromatic carbocycles. The van der Waals surface area contributed by atoms with Crippen molar-refractivity contribution in [1.29, 1.82) is 5.26 Å². The smallest absolute Gasteiger partial charge is 0.176 e. The fourth-order valence-electron chi connectivity index (χ4n) is 3.42. The molecule has 4 nitrogen and oxygen atoms in total. The lowest BCUT2D eigenvalue weighted by Gasteiger charge is -2.28. The highest BCUT2D eigenvalue weighted by Crippen LogP contribution is 2.31. The molecule has 1 aliphatic carbocycles. The van der Waals surface area contributed by atoms with Gasteiger partial charge in [-0.3, -0.25) is 4.79 Å². The number of ketones is 1. The van der Waals surface area contributed by atoms with Crippen molar-refractivity contribution >= 4 is 5.78 Å². The van der Waals surface area contributed by atoms with Crippen LogP contribution in [0.2, 0.25) is 0 Å². The fourth-order valence-corrected chi connectivity index (χ4v) is 3.42. The second-order valence-electron chi connectivity index (χ2n) is 6.62. The highest BCUT2D eigenvalue weighted by Gasteiger charge is 2.30. The Morgan fingerprint density at radius 3 is 2.85 bits per heavy atom. The topological polar surface area (TPSA) is 66.6 Å². The summed E-state index contributed by atoms with van der Waals surface area (Å²) in [6.07, 6.45) is 7.38. The minimum atomic E-state index is -0.218. The second kappa shape index (κ2) is 7.88. The average molecular weight is 343 g/mol. The number of carbonyl (C=O) groups is 1. The predicted octanol–water partition coefficient (Wildman–Crippen LogP) is 4.09. The predicted molar refractivity (Wildman–Crippen MR) is 101 cm³/mol. The van der Waals surface area contributed by atoms with Crippen LogP contribution in [0.1, 0.15) is 24.6 Å². The second-order valence-corrected chi connectivity index (χ2v) is 6.62. The van der Waals surface area contributed by atoms with Crippen LogP contribution >= 0.6 is 0 Å². The van der Waals surface area contributed by atoms with Crippen LogP contribution in [0.15, 0.2) is 60.8 Å². The third kappa shape index (κ3) is 3.62. The first-order chi connectivity index (χ1) is 12.6. The average Bonchev–Trinajstić information content (AvgIpc) is 2.70. The van der Waals surface area contributed by atoms with E-state index in [4.69, 9.17) is 4.98 Å². The third-order valence-corrected chi connectivity index (χ3v) is 5.02. The molecule has 1 heterocycles. The molecule has 0 fully saturated rings. The summed E-state index contributed by atoms with van der Waals surface area (Å²) in [5, 5.41) is 9.19. The molecule has 1 aliphatic rings. The van der Waals surface area contributed by atoms with E-state index < -0.39 is 0 Å². The summed E-state index contributed by atoms with van der Waals surface area (Å²) >= 11 is 0. The van der Waals surface area contributed by atoms with E-state index in [1.165, 1.54) is 12.2 Å². The van der Waals surface area contributed by atoms with Gasteiger partial charge in [0.15, 0.2) is 11.6 Å². The molecule has 4 heteroatoms. The standard InChI is InChI=1S/C22H21N3O/c1-3-7-18(13-23)21(26)15(2)17-10-11-19-14-24-22(25-20(19)12-17)16-8-5-4-6-9-16/h3-9,14-15,17H,1,10-12H2,2H3/b18-7-/t15-,17+/m0/s1. The van der Waals surface area contributed by atoms with Gasteiger partial charge in [-0.05, 0) is 36.8 Å². The van der Waals surface area contributed by atoms with E-state index in [1.54, 1.807) is 0 Å². The van der Waals surface area contributed by atoms with Crippen LogP contribution < -0.4 is 0 Å². The van der Waals surface area contributed by atoms with Crippen molar-refractivity contribution in [2.45, 2.75) is 26.2 Å². The van der Waals surface area contributed by atoms with Gasteiger partial charge in [0, 0.05) is 23.4 Å². The number of rotatable bonds is 5. The van der Waals surface area contributed by atoms with Gasteiger partial charge in [-0.1, -0.05) is 49.9 Å². The number of fused-ring (bicyclic) bond motifs is 1. The molecular weight excluding hydrogens is 322 g/mol. The molecule has 2 atom stereocenters. The summed E-state index contributed by atoms with van der Waals surface area (Å²) in [6.45, 7) is 5.48. The van der Waals surface area contributed by atoms with Gasteiger partial charge in [0.25, 0.3) is 0 Å². The number of nitrogens with zero attached hydrogens (tertiary/aromatic N) is 3. The number of aromatic nitrogens is 2. The lowest BCUT2D eigenvalue weighted by molar-refractivity contribution is -0.120. The van der Waals surface area contributed by atoms with E-state index in [0.717, 1.165) is 36.1 Å². The third-order valence-electron chi connectivity index (χ3n) is 5.02. The molecule has 0 saturated carbocycles. The number of benzene rings is 1. The van der Waals surface area contributed by atoms with Crippen LogP contribution in [0, 0.1) is 23.2 Å². The van der Waals surface area contributed by atoms with Crippen molar-refractivity contribution in [3.63, 3.8) is 0 Å². The van der Waals surface area contributed by atoms with Crippen LogP contribution in [-0.4, -0.2) is 15.8 Å². The molecule has 0 saturated heterocycles. The summed E-state index contributed by atoms with van der Waals surface area (Å²) in [5.74, 6) is 0.561. The molecule has 2 aromatic rings. The van der Waals surface area contributed by atoms with E-state index in [0.29, 0.717) is 5.82 Å². The molecular formula is C22H21N3O. The highest BCUT2D eigenvalue weighted by atomic mass is 16.1. The summed E-state index contributed by atoms with van der Waals surface area (Å²) < 4.78 is 0. The van der Waals surface area contributed by atoms with Gasteiger partial charge in [0.1, 0.15) is 6.07 Å². The lowest BCUT2D eigenvalue weighted by Crippen LogP contribution is -2.28. The first-order valence-corrected chi connectivity index (χ1v) is 8.81. The number of carbonyl (C=O) groups excluding carboxylic acids is 1. The van der Waals surface area contributed by atoms with Gasteiger partial charge in [0.2, 0.25) is 0 Å². The van der Waals surface area contributed by atoms with Gasteiger partial charge >= 0.3 is 0 Å². The molecule has 26 heavy (non-hydrogen) atoms. The van der Waals surface area contributed by atoms with Crippen molar-refractivity contribution in [3.8, 4) is 17.5 Å². The Kier molecular flexibility index (Phi) is 5.38. The molecule has 130 valence electrons. The lowest BCUT2D eigenvalue weighted by atomic mass is 9.77. The van der Waals surface area contributed by atoms with Crippen LogP contribution in [0.3, 0.4) is 0 Å². The molecule has 0 unspecified atom stereocenters. The van der Waals surface area contributed by atoms with E-state index in [9.17, 15) is 10.1 Å². The quantitative estimate of drug-likeness (QED) is 0.466. The first-order valence-electron chi connectivity index (χ1n) is 8.81. The SMILES string of the molecule is C=C/C=C(/C#N)C(=O)[C@@H](C)[C@@H]1CCc2cnc(-c3ccccc3)nc2C1. The summed E-state index contributed by atoms with van der Waals surface area (Å²) in [6, 6.07) is 11.9. The van der Waals surface area contributed by atoms with Crippen molar-refractivity contribution in [3.05, 3.63) is 72.1 Å². The van der Waals surface area contributed by atoms with Crippen LogP contribution in [0.5, 0.6) is 0 Å². The largest absolute Gasteiger partial charge is 0.293 e. The maximum atomic E-state index is 12.6. The molecule has 0 amide bonds. The molecule has 0 N–H and O–H groups in total. The molecule has 1 aromatic heterocycles. The molecule has 0 radical (unpaired) electrons. The Balaban J connectivity index is 1.82. The molecule has 0 bridgehead atoms. The van der Waals surface area contributed by atoms with E-state index >= 15 is 0 Å². The zero-order valence-corrected chi connectivity index (χ0v) is 14.9. The number of hydrogen-bond donors (Lipinski definition) is 0. The highest BCUT2D eigenvalue weighted by molar-refractivity contribution is 6.00. The van der Waals surface area contributed by atoms with E-state index in [-0.39, 0.29) is 23.2 Å². The van der Waals surface area contributed by atoms with Crippen molar-refractivity contribution in [2.75, 3.05) is 0 Å². The summed E-state index contributed by atoms with van der Waals surface area (Å²) in [7, 11) is 0. The van der Waals surface area contributed by atoms with E-state index in [1.807, 2.05) is 49.5 Å². The van der Waals surface area contributed by atoms with Crippen LogP contribution in [0.25, 0.3) is 11.4 Å². The Labute approximate surface area is 153 Å². The normalized spacial score (nSPS) is 17.7. The fraction of sp³-hybridized carbons (Fsp3) is 0.273. The number of aryl methyl sites for hydroxylation is 1. The molecule has 0 spiro atoms. The Hall–Kier alpha value is -3.06. The van der Waals surface area contributed by atoms with Crippen molar-refractivity contribution in [2.24, 2.45) is 11.8 Å². The monoisotopic (exact) mass is 343 g/mol. The van der Waals surface area contributed by atoms with Gasteiger partial charge in [0.05, 0.1) is 5.57 Å². The Morgan fingerprint density at radius 1 is 1.38 bits per heavy atom. The number of allylic oxidation sites excluding steroid dienone is 3. The van der Waals surface area contributed by atoms with Gasteiger partial charge in [-0.2, -0.15) is 5.26 Å². The molecule has 0 aliphatic heterocycles. The van der Waals surface area contributed by atoms with Gasteiger partial charge in [-0.25, -0.2) is 9.97 Å². The van der Waals surface area contributed by atoms with Crippen molar-refractivity contribution in [1.82, 2.24) is 9.97 Å². The maximum absolute atomic E-state index is 12.6. The zero-order valence-electron chi connectivity index (χ0n) is 14.9. The summed E-state index contributed by atoms with van der Waals surface area (Å²) in [4.78, 5) is 21.8. The Bertz CT molecular complexity index is 893. The Morgan fingerprint density at radius 2 is 2.15 bits per heavy atom. The minimum absolute atomic E-state index is 0.113. The van der Waals surface area contributed by atoms with Crippen molar-refractivity contribution < 1.29 is 4.79 Å². The number of nitriles is 1. The number of Topliss-reactive ketones (excluding diaryl/α,β-unsaturated/α-hetero) is 1. The van der Waals surface area contributed by atoms with Gasteiger partial charge < -0.3 is 0 Å². The van der Waals surface area contributed by atoms with Gasteiger partial charge in [-0.15, -0.1) is 0 Å². The minimum Gasteiger partial charge on any atom is -0.293 e. The number of hydrogen-bond acceptors (Lipinski definition) is 4. The first kappa shape index (κ1) is 17.8. The maximum Gasteiger partial charge on any atom is 0.176 e.